The summed E-state index contributed by atoms with van der Waals surface area (Å²) >= 11 is 0. The Balaban J connectivity index is 1.68. The summed E-state index contributed by atoms with van der Waals surface area (Å²) in [7, 11) is 0. The van der Waals surface area contributed by atoms with E-state index in [1.165, 1.54) is 30.8 Å². The Morgan fingerprint density at radius 2 is 1.95 bits per heavy atom. The molecule has 1 amide bonds. The van der Waals surface area contributed by atoms with Gasteiger partial charge in [-0.3, -0.25) is 4.79 Å². The molecular formula is C16H17FN4O. The van der Waals surface area contributed by atoms with E-state index >= 15 is 0 Å². The Kier molecular flexibility index (Phi) is 4.27. The van der Waals surface area contributed by atoms with Crippen LogP contribution in [0.2, 0.25) is 0 Å². The molecule has 1 fully saturated rings. The van der Waals surface area contributed by atoms with Crippen molar-refractivity contribution in [3.05, 3.63) is 48.2 Å². The van der Waals surface area contributed by atoms with E-state index in [9.17, 15) is 9.18 Å². The number of aromatic nitrogens is 2. The maximum atomic E-state index is 13.1. The number of piperidine rings is 1. The van der Waals surface area contributed by atoms with Gasteiger partial charge in [-0.1, -0.05) is 6.07 Å². The van der Waals surface area contributed by atoms with Crippen LogP contribution in [0.15, 0.2) is 36.7 Å². The second-order valence-corrected chi connectivity index (χ2v) is 5.27. The van der Waals surface area contributed by atoms with E-state index in [0.29, 0.717) is 5.69 Å². The van der Waals surface area contributed by atoms with Gasteiger partial charge in [-0.15, -0.1) is 0 Å². The van der Waals surface area contributed by atoms with E-state index < -0.39 is 11.7 Å². The topological polar surface area (TPSA) is 58.1 Å². The van der Waals surface area contributed by atoms with Gasteiger partial charge in [0.1, 0.15) is 17.3 Å². The van der Waals surface area contributed by atoms with Gasteiger partial charge in [-0.25, -0.2) is 14.4 Å². The van der Waals surface area contributed by atoms with Crippen LogP contribution in [0.5, 0.6) is 0 Å². The van der Waals surface area contributed by atoms with Crippen LogP contribution in [-0.2, 0) is 0 Å². The first kappa shape index (κ1) is 14.4. The van der Waals surface area contributed by atoms with Crippen LogP contribution in [0.25, 0.3) is 0 Å². The molecular weight excluding hydrogens is 283 g/mol. The first-order valence-corrected chi connectivity index (χ1v) is 7.36. The number of halogens is 1. The van der Waals surface area contributed by atoms with Crippen molar-refractivity contribution in [1.82, 2.24) is 9.97 Å². The predicted molar refractivity (Wildman–Crippen MR) is 82.4 cm³/mol. The van der Waals surface area contributed by atoms with Crippen molar-refractivity contribution in [2.45, 2.75) is 19.3 Å². The monoisotopic (exact) mass is 300 g/mol. The number of hydrogen-bond acceptors (Lipinski definition) is 4. The van der Waals surface area contributed by atoms with E-state index in [2.05, 4.69) is 20.2 Å². The van der Waals surface area contributed by atoms with Crippen molar-refractivity contribution in [3.63, 3.8) is 0 Å². The molecule has 0 unspecified atom stereocenters. The molecule has 2 aromatic rings. The van der Waals surface area contributed by atoms with Gasteiger partial charge in [0.25, 0.3) is 5.91 Å². The Hall–Kier alpha value is -2.50. The van der Waals surface area contributed by atoms with E-state index in [1.807, 2.05) is 0 Å². The lowest BCUT2D eigenvalue weighted by Gasteiger charge is -2.27. The Morgan fingerprint density at radius 1 is 1.14 bits per heavy atom. The van der Waals surface area contributed by atoms with Gasteiger partial charge in [0.15, 0.2) is 0 Å². The molecule has 1 aliphatic rings. The number of carbonyl (C=O) groups is 1. The molecule has 1 aromatic heterocycles. The number of benzene rings is 1. The summed E-state index contributed by atoms with van der Waals surface area (Å²) in [6, 6.07) is 5.74. The van der Waals surface area contributed by atoms with Crippen LogP contribution in [0.3, 0.4) is 0 Å². The van der Waals surface area contributed by atoms with Crippen molar-refractivity contribution in [2.75, 3.05) is 23.3 Å². The zero-order valence-electron chi connectivity index (χ0n) is 12.1. The third kappa shape index (κ3) is 3.39. The molecule has 114 valence electrons. The van der Waals surface area contributed by atoms with E-state index in [1.54, 1.807) is 12.3 Å². The van der Waals surface area contributed by atoms with Gasteiger partial charge in [0, 0.05) is 18.8 Å². The summed E-state index contributed by atoms with van der Waals surface area (Å²) in [6.45, 7) is 1.95. The smallest absolute Gasteiger partial charge is 0.275 e. The maximum Gasteiger partial charge on any atom is 0.275 e. The number of nitrogens with zero attached hydrogens (tertiary/aromatic N) is 3. The lowest BCUT2D eigenvalue weighted by atomic mass is 10.1. The van der Waals surface area contributed by atoms with Crippen molar-refractivity contribution in [1.29, 1.82) is 0 Å². The lowest BCUT2D eigenvalue weighted by molar-refractivity contribution is 0.102. The standard InChI is InChI=1S/C16H17FN4O/c17-12-5-4-6-13(9-12)20-16(22)14-10-19-15(11-18-14)21-7-2-1-3-8-21/h4-6,9-11H,1-3,7-8H2,(H,20,22). The van der Waals surface area contributed by atoms with Crippen molar-refractivity contribution >= 4 is 17.4 Å². The quantitative estimate of drug-likeness (QED) is 0.947. The molecule has 5 nitrogen and oxygen atoms in total. The van der Waals surface area contributed by atoms with Gasteiger partial charge in [-0.05, 0) is 37.5 Å². The predicted octanol–water partition coefficient (Wildman–Crippen LogP) is 2.86. The third-order valence-corrected chi connectivity index (χ3v) is 3.63. The summed E-state index contributed by atoms with van der Waals surface area (Å²) < 4.78 is 13.1. The largest absolute Gasteiger partial charge is 0.355 e. The van der Waals surface area contributed by atoms with Crippen LogP contribution in [0.1, 0.15) is 29.8 Å². The van der Waals surface area contributed by atoms with Crippen LogP contribution >= 0.6 is 0 Å². The zero-order chi connectivity index (χ0) is 15.4. The maximum absolute atomic E-state index is 13.1. The molecule has 22 heavy (non-hydrogen) atoms. The highest BCUT2D eigenvalue weighted by Crippen LogP contribution is 2.16. The normalized spacial score (nSPS) is 14.7. The molecule has 1 N–H and O–H groups in total. The molecule has 0 atom stereocenters. The highest BCUT2D eigenvalue weighted by molar-refractivity contribution is 6.02. The average molecular weight is 300 g/mol. The summed E-state index contributed by atoms with van der Waals surface area (Å²) in [5, 5.41) is 2.60. The van der Waals surface area contributed by atoms with Crippen molar-refractivity contribution in [2.24, 2.45) is 0 Å². The average Bonchev–Trinajstić information content (AvgIpc) is 2.56. The van der Waals surface area contributed by atoms with Gasteiger partial charge in [0.2, 0.25) is 0 Å². The number of anilines is 2. The number of hydrogen-bond donors (Lipinski definition) is 1. The molecule has 1 aromatic carbocycles. The SMILES string of the molecule is O=C(Nc1cccc(F)c1)c1cnc(N2CCCCC2)cn1. The van der Waals surface area contributed by atoms with E-state index in [4.69, 9.17) is 0 Å². The molecule has 2 heterocycles. The number of rotatable bonds is 3. The number of nitrogens with one attached hydrogen (secondary N) is 1. The molecule has 0 saturated carbocycles. The second kappa shape index (κ2) is 6.51. The van der Waals surface area contributed by atoms with Crippen LogP contribution in [0, 0.1) is 5.82 Å². The minimum absolute atomic E-state index is 0.213. The summed E-state index contributed by atoms with van der Waals surface area (Å²) in [6.07, 6.45) is 6.63. The highest BCUT2D eigenvalue weighted by atomic mass is 19.1. The van der Waals surface area contributed by atoms with Crippen molar-refractivity contribution < 1.29 is 9.18 Å². The summed E-state index contributed by atoms with van der Waals surface area (Å²) in [5.41, 5.74) is 0.608. The van der Waals surface area contributed by atoms with E-state index in [0.717, 1.165) is 31.7 Å². The number of amides is 1. The Labute approximate surface area is 128 Å². The fourth-order valence-corrected chi connectivity index (χ4v) is 2.49. The molecule has 6 heteroatoms. The first-order chi connectivity index (χ1) is 10.7. The molecule has 0 bridgehead atoms. The van der Waals surface area contributed by atoms with Gasteiger partial charge < -0.3 is 10.2 Å². The molecule has 0 aliphatic carbocycles. The minimum atomic E-state index is -0.400. The second-order valence-electron chi connectivity index (χ2n) is 5.27. The molecule has 0 radical (unpaired) electrons. The Morgan fingerprint density at radius 3 is 2.64 bits per heavy atom. The van der Waals surface area contributed by atoms with Gasteiger partial charge >= 0.3 is 0 Å². The zero-order valence-corrected chi connectivity index (χ0v) is 12.1. The van der Waals surface area contributed by atoms with Gasteiger partial charge in [0.05, 0.1) is 12.4 Å². The number of carbonyl (C=O) groups excluding carboxylic acids is 1. The van der Waals surface area contributed by atoms with Crippen molar-refractivity contribution in [3.8, 4) is 0 Å². The summed E-state index contributed by atoms with van der Waals surface area (Å²) in [5.74, 6) is -0.00497. The highest BCUT2D eigenvalue weighted by Gasteiger charge is 2.14. The third-order valence-electron chi connectivity index (χ3n) is 3.63. The molecule has 3 rings (SSSR count). The van der Waals surface area contributed by atoms with Gasteiger partial charge in [-0.2, -0.15) is 0 Å². The van der Waals surface area contributed by atoms with E-state index in [-0.39, 0.29) is 5.69 Å². The molecule has 1 saturated heterocycles. The van der Waals surface area contributed by atoms with Crippen LogP contribution in [0.4, 0.5) is 15.9 Å². The summed E-state index contributed by atoms with van der Waals surface area (Å²) in [4.78, 5) is 22.7. The van der Waals surface area contributed by atoms with Crippen LogP contribution in [-0.4, -0.2) is 29.0 Å². The first-order valence-electron chi connectivity index (χ1n) is 7.36. The minimum Gasteiger partial charge on any atom is -0.355 e. The van der Waals surface area contributed by atoms with Crippen LogP contribution < -0.4 is 10.2 Å². The fraction of sp³-hybridized carbons (Fsp3) is 0.312. The fourth-order valence-electron chi connectivity index (χ4n) is 2.49. The molecule has 0 spiro atoms. The Bertz CT molecular complexity index is 653. The lowest BCUT2D eigenvalue weighted by Crippen LogP contribution is -2.30. The molecule has 1 aliphatic heterocycles.